The Hall–Kier alpha value is -2.17. The van der Waals surface area contributed by atoms with E-state index in [2.05, 4.69) is 19.9 Å². The highest BCUT2D eigenvalue weighted by Crippen LogP contribution is 2.19. The zero-order valence-electron chi connectivity index (χ0n) is 9.97. The number of aromatic nitrogens is 3. The maximum absolute atomic E-state index is 11.7. The van der Waals surface area contributed by atoms with Crippen LogP contribution in [0.25, 0.3) is 11.3 Å². The number of nitrogens with zero attached hydrogens (tertiary/aromatic N) is 3. The van der Waals surface area contributed by atoms with Gasteiger partial charge in [-0.1, -0.05) is 0 Å². The molecular weight excluding hydrogens is 228 g/mol. The van der Waals surface area contributed by atoms with Crippen molar-refractivity contribution in [3.8, 4) is 11.3 Å². The van der Waals surface area contributed by atoms with Gasteiger partial charge in [-0.2, -0.15) is 4.98 Å². The summed E-state index contributed by atoms with van der Waals surface area (Å²) < 4.78 is 0. The average molecular weight is 242 g/mol. The lowest BCUT2D eigenvalue weighted by molar-refractivity contribution is 0.892. The summed E-state index contributed by atoms with van der Waals surface area (Å²) in [5, 5.41) is 0. The number of hydrogen-bond acceptors (Lipinski definition) is 4. The van der Waals surface area contributed by atoms with E-state index in [9.17, 15) is 4.79 Å². The molecule has 0 unspecified atom stereocenters. The summed E-state index contributed by atoms with van der Waals surface area (Å²) in [6.45, 7) is 1.92. The molecule has 5 heteroatoms. The SMILES string of the molecule is O=c1cc(-c2ccncc2)[nH]c(N2CCCC2)n1. The Kier molecular flexibility index (Phi) is 2.80. The molecule has 1 N–H and O–H groups in total. The third-order valence-corrected chi connectivity index (χ3v) is 3.13. The monoisotopic (exact) mass is 242 g/mol. The van der Waals surface area contributed by atoms with Gasteiger partial charge in [0, 0.05) is 37.1 Å². The fraction of sp³-hybridized carbons (Fsp3) is 0.308. The second-order valence-corrected chi connectivity index (χ2v) is 4.39. The molecule has 1 fully saturated rings. The van der Waals surface area contributed by atoms with Crippen LogP contribution in [-0.2, 0) is 0 Å². The Bertz CT molecular complexity index is 587. The lowest BCUT2D eigenvalue weighted by atomic mass is 10.2. The van der Waals surface area contributed by atoms with E-state index >= 15 is 0 Å². The first-order valence-corrected chi connectivity index (χ1v) is 6.10. The van der Waals surface area contributed by atoms with Gasteiger partial charge in [0.25, 0.3) is 5.56 Å². The molecule has 3 heterocycles. The zero-order chi connectivity index (χ0) is 12.4. The summed E-state index contributed by atoms with van der Waals surface area (Å²) in [5.41, 5.74) is 1.53. The summed E-state index contributed by atoms with van der Waals surface area (Å²) in [4.78, 5) is 25.0. The van der Waals surface area contributed by atoms with Crippen LogP contribution in [0.15, 0.2) is 35.4 Å². The van der Waals surface area contributed by atoms with Crippen molar-refractivity contribution in [3.05, 3.63) is 40.9 Å². The number of pyridine rings is 1. The largest absolute Gasteiger partial charge is 0.342 e. The normalized spacial score (nSPS) is 15.0. The molecule has 0 radical (unpaired) electrons. The van der Waals surface area contributed by atoms with Gasteiger partial charge in [0.15, 0.2) is 0 Å². The van der Waals surface area contributed by atoms with Gasteiger partial charge in [-0.3, -0.25) is 9.78 Å². The molecule has 0 aromatic carbocycles. The van der Waals surface area contributed by atoms with Gasteiger partial charge in [0.05, 0.1) is 5.69 Å². The first-order chi connectivity index (χ1) is 8.83. The highest BCUT2D eigenvalue weighted by atomic mass is 16.1. The van der Waals surface area contributed by atoms with Crippen molar-refractivity contribution in [2.24, 2.45) is 0 Å². The molecule has 2 aromatic heterocycles. The Balaban J connectivity index is 2.03. The molecule has 0 aliphatic carbocycles. The van der Waals surface area contributed by atoms with Crippen molar-refractivity contribution in [2.45, 2.75) is 12.8 Å². The van der Waals surface area contributed by atoms with E-state index in [0.717, 1.165) is 37.2 Å². The van der Waals surface area contributed by atoms with Crippen LogP contribution in [0, 0.1) is 0 Å². The molecule has 2 aromatic rings. The van der Waals surface area contributed by atoms with Crippen molar-refractivity contribution in [1.82, 2.24) is 15.0 Å². The van der Waals surface area contributed by atoms with E-state index in [1.54, 1.807) is 12.4 Å². The number of hydrogen-bond donors (Lipinski definition) is 1. The first kappa shape index (κ1) is 11.0. The topological polar surface area (TPSA) is 61.9 Å². The van der Waals surface area contributed by atoms with Crippen LogP contribution in [0.4, 0.5) is 5.95 Å². The van der Waals surface area contributed by atoms with Crippen LogP contribution < -0.4 is 10.5 Å². The van der Waals surface area contributed by atoms with Gasteiger partial charge in [0.1, 0.15) is 0 Å². The molecule has 0 amide bonds. The molecule has 18 heavy (non-hydrogen) atoms. The summed E-state index contributed by atoms with van der Waals surface area (Å²) in [5.74, 6) is 0.673. The number of anilines is 1. The second-order valence-electron chi connectivity index (χ2n) is 4.39. The highest BCUT2D eigenvalue weighted by molar-refractivity contribution is 5.59. The number of nitrogens with one attached hydrogen (secondary N) is 1. The lowest BCUT2D eigenvalue weighted by Gasteiger charge is -2.16. The molecule has 0 spiro atoms. The maximum atomic E-state index is 11.7. The Labute approximate surface area is 105 Å². The van der Waals surface area contributed by atoms with Crippen LogP contribution in [0.3, 0.4) is 0 Å². The van der Waals surface area contributed by atoms with Crippen LogP contribution in [-0.4, -0.2) is 28.0 Å². The minimum absolute atomic E-state index is 0.206. The van der Waals surface area contributed by atoms with Crippen molar-refractivity contribution in [1.29, 1.82) is 0 Å². The van der Waals surface area contributed by atoms with Crippen LogP contribution in [0.5, 0.6) is 0 Å². The van der Waals surface area contributed by atoms with E-state index in [0.29, 0.717) is 5.95 Å². The number of H-pyrrole nitrogens is 1. The number of aromatic amines is 1. The second kappa shape index (κ2) is 4.60. The predicted molar refractivity (Wildman–Crippen MR) is 69.5 cm³/mol. The summed E-state index contributed by atoms with van der Waals surface area (Å²) >= 11 is 0. The van der Waals surface area contributed by atoms with Crippen molar-refractivity contribution in [3.63, 3.8) is 0 Å². The van der Waals surface area contributed by atoms with Crippen LogP contribution in [0.1, 0.15) is 12.8 Å². The molecule has 5 nitrogen and oxygen atoms in total. The quantitative estimate of drug-likeness (QED) is 0.865. The molecule has 0 saturated carbocycles. The first-order valence-electron chi connectivity index (χ1n) is 6.10. The third kappa shape index (κ3) is 2.11. The molecule has 3 rings (SSSR count). The summed E-state index contributed by atoms with van der Waals surface area (Å²) in [6, 6.07) is 5.27. The third-order valence-electron chi connectivity index (χ3n) is 3.13. The van der Waals surface area contributed by atoms with E-state index in [4.69, 9.17) is 0 Å². The predicted octanol–water partition coefficient (Wildman–Crippen LogP) is 1.43. The maximum Gasteiger partial charge on any atom is 0.275 e. The average Bonchev–Trinajstić information content (AvgIpc) is 2.93. The molecule has 0 bridgehead atoms. The fourth-order valence-corrected chi connectivity index (χ4v) is 2.21. The van der Waals surface area contributed by atoms with E-state index in [-0.39, 0.29) is 5.56 Å². The Morgan fingerprint density at radius 3 is 2.61 bits per heavy atom. The lowest BCUT2D eigenvalue weighted by Crippen LogP contribution is -2.23. The highest BCUT2D eigenvalue weighted by Gasteiger charge is 2.15. The van der Waals surface area contributed by atoms with Gasteiger partial charge < -0.3 is 9.88 Å². The Morgan fingerprint density at radius 2 is 1.89 bits per heavy atom. The molecular formula is C13H14N4O. The summed E-state index contributed by atoms with van der Waals surface area (Å²) in [7, 11) is 0. The van der Waals surface area contributed by atoms with E-state index < -0.39 is 0 Å². The van der Waals surface area contributed by atoms with Crippen LogP contribution >= 0.6 is 0 Å². The van der Waals surface area contributed by atoms with Crippen molar-refractivity contribution < 1.29 is 0 Å². The van der Waals surface area contributed by atoms with Gasteiger partial charge in [0.2, 0.25) is 5.95 Å². The molecule has 1 aliphatic heterocycles. The zero-order valence-corrected chi connectivity index (χ0v) is 9.97. The van der Waals surface area contributed by atoms with E-state index in [1.807, 2.05) is 12.1 Å². The minimum Gasteiger partial charge on any atom is -0.342 e. The van der Waals surface area contributed by atoms with Crippen LogP contribution in [0.2, 0.25) is 0 Å². The standard InChI is InChI=1S/C13H14N4O/c18-12-9-11(10-3-5-14-6-4-10)15-13(16-12)17-7-1-2-8-17/h3-6,9H,1-2,7-8H2,(H,15,16,18). The fourth-order valence-electron chi connectivity index (χ4n) is 2.21. The van der Waals surface area contributed by atoms with Gasteiger partial charge >= 0.3 is 0 Å². The van der Waals surface area contributed by atoms with Gasteiger partial charge in [-0.25, -0.2) is 0 Å². The summed E-state index contributed by atoms with van der Waals surface area (Å²) in [6.07, 6.45) is 5.74. The van der Waals surface area contributed by atoms with Crippen molar-refractivity contribution in [2.75, 3.05) is 18.0 Å². The molecule has 1 saturated heterocycles. The van der Waals surface area contributed by atoms with Crippen molar-refractivity contribution >= 4 is 5.95 Å². The minimum atomic E-state index is -0.206. The Morgan fingerprint density at radius 1 is 1.17 bits per heavy atom. The molecule has 92 valence electrons. The smallest absolute Gasteiger partial charge is 0.275 e. The molecule has 0 atom stereocenters. The van der Waals surface area contributed by atoms with E-state index in [1.165, 1.54) is 6.07 Å². The molecule has 1 aliphatic rings. The van der Waals surface area contributed by atoms with Gasteiger partial charge in [-0.05, 0) is 25.0 Å². The number of rotatable bonds is 2. The van der Waals surface area contributed by atoms with Gasteiger partial charge in [-0.15, -0.1) is 0 Å².